The molecule has 1 N–H and O–H groups in total. The number of nitrogens with zero attached hydrogens (tertiary/aromatic N) is 2. The zero-order valence-electron chi connectivity index (χ0n) is 10.5. The second-order valence-electron chi connectivity index (χ2n) is 4.03. The smallest absolute Gasteiger partial charge is 0.337 e. The van der Waals surface area contributed by atoms with E-state index in [1.54, 1.807) is 0 Å². The van der Waals surface area contributed by atoms with Gasteiger partial charge < -0.3 is 9.84 Å². The van der Waals surface area contributed by atoms with Gasteiger partial charge in [0, 0.05) is 17.3 Å². The van der Waals surface area contributed by atoms with E-state index in [1.165, 1.54) is 36.7 Å². The molecule has 0 fully saturated rings. The number of carbonyl (C=O) groups is 1. The maximum Gasteiger partial charge on any atom is 0.337 e. The molecule has 0 unspecified atom stereocenters. The van der Waals surface area contributed by atoms with Gasteiger partial charge in [0.05, 0.1) is 22.2 Å². The van der Waals surface area contributed by atoms with Crippen molar-refractivity contribution >= 4 is 23.3 Å². The number of carboxylic acids is 1. The normalized spacial score (nSPS) is 10.1. The van der Waals surface area contributed by atoms with Crippen molar-refractivity contribution in [3.8, 4) is 5.75 Å². The lowest BCUT2D eigenvalue weighted by atomic mass is 10.2. The predicted molar refractivity (Wildman–Crippen MR) is 73.6 cm³/mol. The van der Waals surface area contributed by atoms with Crippen LogP contribution in [0.1, 0.15) is 15.9 Å². The Morgan fingerprint density at radius 3 is 2.81 bits per heavy atom. The summed E-state index contributed by atoms with van der Waals surface area (Å²) in [6.07, 6.45) is 2.51. The van der Waals surface area contributed by atoms with Crippen molar-refractivity contribution in [3.05, 3.63) is 62.9 Å². The van der Waals surface area contributed by atoms with E-state index >= 15 is 0 Å². The number of aromatic nitrogens is 1. The van der Waals surface area contributed by atoms with Gasteiger partial charge in [0.15, 0.2) is 0 Å². The van der Waals surface area contributed by atoms with Gasteiger partial charge in [-0.3, -0.25) is 15.1 Å². The highest BCUT2D eigenvalue weighted by molar-refractivity contribution is 6.30. The lowest BCUT2D eigenvalue weighted by Crippen LogP contribution is -2.02. The zero-order valence-corrected chi connectivity index (χ0v) is 11.3. The second kappa shape index (κ2) is 6.19. The van der Waals surface area contributed by atoms with E-state index in [2.05, 4.69) is 4.98 Å². The van der Waals surface area contributed by atoms with Crippen molar-refractivity contribution in [3.63, 3.8) is 0 Å². The molecule has 0 amide bonds. The Morgan fingerprint density at radius 1 is 1.38 bits per heavy atom. The molecule has 108 valence electrons. The van der Waals surface area contributed by atoms with Crippen LogP contribution in [0, 0.1) is 10.1 Å². The SMILES string of the molecule is O=C(O)c1cncc(OCc2ccc(Cl)cc2[N+](=O)[O-])c1. The number of rotatable bonds is 5. The lowest BCUT2D eigenvalue weighted by Gasteiger charge is -2.07. The lowest BCUT2D eigenvalue weighted by molar-refractivity contribution is -0.385. The number of nitro benzene ring substituents is 1. The summed E-state index contributed by atoms with van der Waals surface area (Å²) < 4.78 is 5.34. The zero-order chi connectivity index (χ0) is 15.4. The van der Waals surface area contributed by atoms with Crippen LogP contribution < -0.4 is 4.74 Å². The fraction of sp³-hybridized carbons (Fsp3) is 0.0769. The van der Waals surface area contributed by atoms with Crippen LogP contribution in [0.4, 0.5) is 5.69 Å². The summed E-state index contributed by atoms with van der Waals surface area (Å²) in [6, 6.07) is 5.51. The molecule has 0 aliphatic heterocycles. The van der Waals surface area contributed by atoms with Gasteiger partial charge in [-0.15, -0.1) is 0 Å². The van der Waals surface area contributed by atoms with Crippen LogP contribution in [0.2, 0.25) is 5.02 Å². The summed E-state index contributed by atoms with van der Waals surface area (Å²) in [5.74, 6) is -0.926. The molecule has 0 aliphatic rings. The summed E-state index contributed by atoms with van der Waals surface area (Å²) in [4.78, 5) is 24.9. The van der Waals surface area contributed by atoms with E-state index in [0.717, 1.165) is 0 Å². The summed E-state index contributed by atoms with van der Waals surface area (Å²) >= 11 is 5.71. The van der Waals surface area contributed by atoms with Gasteiger partial charge in [-0.05, 0) is 18.2 Å². The minimum atomic E-state index is -1.13. The van der Waals surface area contributed by atoms with Gasteiger partial charge in [-0.25, -0.2) is 4.79 Å². The Morgan fingerprint density at radius 2 is 2.14 bits per heavy atom. The maximum absolute atomic E-state index is 10.9. The number of pyridine rings is 1. The number of aromatic carboxylic acids is 1. The molecule has 21 heavy (non-hydrogen) atoms. The van der Waals surface area contributed by atoms with Crippen LogP contribution in [0.3, 0.4) is 0 Å². The maximum atomic E-state index is 10.9. The molecule has 0 saturated carbocycles. The first kappa shape index (κ1) is 14.7. The molecule has 1 heterocycles. The van der Waals surface area contributed by atoms with Gasteiger partial charge in [-0.1, -0.05) is 11.6 Å². The van der Waals surface area contributed by atoms with Crippen LogP contribution in [-0.4, -0.2) is 21.0 Å². The van der Waals surface area contributed by atoms with Crippen LogP contribution in [0.5, 0.6) is 5.75 Å². The first-order chi connectivity index (χ1) is 9.97. The molecule has 0 aliphatic carbocycles. The van der Waals surface area contributed by atoms with Crippen molar-refractivity contribution in [2.45, 2.75) is 6.61 Å². The number of ether oxygens (including phenoxy) is 1. The molecule has 2 rings (SSSR count). The van der Waals surface area contributed by atoms with E-state index in [-0.39, 0.29) is 28.6 Å². The molecule has 0 bridgehead atoms. The van der Waals surface area contributed by atoms with E-state index in [4.69, 9.17) is 21.4 Å². The molecule has 7 nitrogen and oxygen atoms in total. The predicted octanol–water partition coefficient (Wildman–Crippen LogP) is 2.92. The van der Waals surface area contributed by atoms with Crippen molar-refractivity contribution in [1.82, 2.24) is 4.98 Å². The Balaban J connectivity index is 2.18. The third-order valence-electron chi connectivity index (χ3n) is 2.60. The van der Waals surface area contributed by atoms with Crippen molar-refractivity contribution in [2.75, 3.05) is 0 Å². The van der Waals surface area contributed by atoms with Gasteiger partial charge in [0.25, 0.3) is 5.69 Å². The number of halogens is 1. The molecular weight excluding hydrogens is 300 g/mol. The minimum Gasteiger partial charge on any atom is -0.487 e. The van der Waals surface area contributed by atoms with Gasteiger partial charge in [0.1, 0.15) is 12.4 Å². The minimum absolute atomic E-state index is 0.0295. The highest BCUT2D eigenvalue weighted by Gasteiger charge is 2.15. The quantitative estimate of drug-likeness (QED) is 0.673. The monoisotopic (exact) mass is 308 g/mol. The number of hydrogen-bond donors (Lipinski definition) is 1. The van der Waals surface area contributed by atoms with Crippen LogP contribution in [0.15, 0.2) is 36.7 Å². The summed E-state index contributed by atoms with van der Waals surface area (Å²) in [6.45, 7) is -0.0990. The number of carboxylic acid groups (broad SMARTS) is 1. The Bertz CT molecular complexity index is 705. The molecule has 8 heteroatoms. The topological polar surface area (TPSA) is 103 Å². The van der Waals surface area contributed by atoms with E-state index in [1.807, 2.05) is 0 Å². The van der Waals surface area contributed by atoms with Crippen molar-refractivity contribution in [1.29, 1.82) is 0 Å². The summed E-state index contributed by atoms with van der Waals surface area (Å²) in [5.41, 5.74) is 0.132. The number of nitro groups is 1. The third kappa shape index (κ3) is 3.67. The Labute approximate surface area is 123 Å². The third-order valence-corrected chi connectivity index (χ3v) is 2.83. The second-order valence-corrected chi connectivity index (χ2v) is 4.47. The standard InChI is InChI=1S/C13H9ClN2O5/c14-10-2-1-8(12(4-10)16(19)20)7-21-11-3-9(13(17)18)5-15-6-11/h1-6H,7H2,(H,17,18). The molecule has 2 aromatic rings. The molecular formula is C13H9ClN2O5. The van der Waals surface area contributed by atoms with E-state index in [9.17, 15) is 14.9 Å². The van der Waals surface area contributed by atoms with Gasteiger partial charge in [-0.2, -0.15) is 0 Å². The Kier molecular flexibility index (Phi) is 4.34. The highest BCUT2D eigenvalue weighted by atomic mass is 35.5. The largest absolute Gasteiger partial charge is 0.487 e. The van der Waals surface area contributed by atoms with Crippen molar-refractivity contribution in [2.24, 2.45) is 0 Å². The summed E-state index contributed by atoms with van der Waals surface area (Å²) in [5, 5.41) is 20.0. The van der Waals surface area contributed by atoms with Crippen LogP contribution in [0.25, 0.3) is 0 Å². The fourth-order valence-electron chi connectivity index (χ4n) is 1.60. The van der Waals surface area contributed by atoms with Crippen molar-refractivity contribution < 1.29 is 19.6 Å². The highest BCUT2D eigenvalue weighted by Crippen LogP contribution is 2.24. The average molecular weight is 309 g/mol. The Hall–Kier alpha value is -2.67. The fourth-order valence-corrected chi connectivity index (χ4v) is 1.77. The molecule has 0 radical (unpaired) electrons. The molecule has 0 atom stereocenters. The van der Waals surface area contributed by atoms with Gasteiger partial charge in [0.2, 0.25) is 0 Å². The van der Waals surface area contributed by atoms with Crippen LogP contribution >= 0.6 is 11.6 Å². The molecule has 0 saturated heterocycles. The molecule has 1 aromatic carbocycles. The average Bonchev–Trinajstić information content (AvgIpc) is 2.46. The molecule has 1 aromatic heterocycles. The van der Waals surface area contributed by atoms with Crippen LogP contribution in [-0.2, 0) is 6.61 Å². The van der Waals surface area contributed by atoms with E-state index in [0.29, 0.717) is 5.56 Å². The first-order valence-electron chi connectivity index (χ1n) is 5.71. The first-order valence-corrected chi connectivity index (χ1v) is 6.09. The molecule has 0 spiro atoms. The van der Waals surface area contributed by atoms with Gasteiger partial charge >= 0.3 is 5.97 Å². The summed E-state index contributed by atoms with van der Waals surface area (Å²) in [7, 11) is 0. The number of benzene rings is 1. The number of hydrogen-bond acceptors (Lipinski definition) is 5. The van der Waals surface area contributed by atoms with E-state index < -0.39 is 10.9 Å².